The van der Waals surface area contributed by atoms with E-state index in [1.165, 1.54) is 16.7 Å². The molecule has 0 aliphatic carbocycles. The van der Waals surface area contributed by atoms with Crippen LogP contribution in [0.2, 0.25) is 0 Å². The third-order valence-electron chi connectivity index (χ3n) is 3.16. The van der Waals surface area contributed by atoms with E-state index in [4.69, 9.17) is 0 Å². The Morgan fingerprint density at radius 2 is 1.88 bits per heavy atom. The summed E-state index contributed by atoms with van der Waals surface area (Å²) >= 11 is 0. The molecule has 0 amide bonds. The standard InChI is InChI=1S/C14H21N2/c1-15(2)11-12-4-5-13-6-8-16(3)9-7-14(13)10-12/h4-5,10H,3,6-9,11H2,1-2H3/q-1. The van der Waals surface area contributed by atoms with Crippen molar-refractivity contribution < 1.29 is 0 Å². The van der Waals surface area contributed by atoms with Gasteiger partial charge in [-0.1, -0.05) is 18.2 Å². The lowest BCUT2D eigenvalue weighted by atomic mass is 10.00. The maximum absolute atomic E-state index is 4.04. The van der Waals surface area contributed by atoms with Crippen molar-refractivity contribution in [1.29, 1.82) is 0 Å². The van der Waals surface area contributed by atoms with E-state index in [1.54, 1.807) is 0 Å². The fraction of sp³-hybridized carbons (Fsp3) is 0.500. The maximum atomic E-state index is 4.04. The zero-order valence-electron chi connectivity index (χ0n) is 10.4. The van der Waals surface area contributed by atoms with Crippen molar-refractivity contribution in [1.82, 2.24) is 9.80 Å². The fourth-order valence-electron chi connectivity index (χ4n) is 2.29. The first-order chi connectivity index (χ1) is 7.65. The molecule has 16 heavy (non-hydrogen) atoms. The Labute approximate surface area is 98.9 Å². The van der Waals surface area contributed by atoms with Crippen molar-refractivity contribution in [2.75, 3.05) is 27.2 Å². The molecule has 1 aromatic carbocycles. The second kappa shape index (κ2) is 4.98. The maximum Gasteiger partial charge on any atom is 0.0227 e. The number of hydrogen-bond acceptors (Lipinski definition) is 2. The van der Waals surface area contributed by atoms with Crippen molar-refractivity contribution >= 4 is 0 Å². The van der Waals surface area contributed by atoms with Gasteiger partial charge in [0.2, 0.25) is 0 Å². The molecule has 0 N–H and O–H groups in total. The summed E-state index contributed by atoms with van der Waals surface area (Å²) in [4.78, 5) is 4.39. The van der Waals surface area contributed by atoms with Crippen LogP contribution in [0.25, 0.3) is 0 Å². The van der Waals surface area contributed by atoms with Gasteiger partial charge in [0.05, 0.1) is 0 Å². The molecular formula is C14H21N2-. The van der Waals surface area contributed by atoms with Crippen LogP contribution in [0.15, 0.2) is 18.2 Å². The summed E-state index contributed by atoms with van der Waals surface area (Å²) < 4.78 is 0. The normalized spacial score (nSPS) is 17.2. The van der Waals surface area contributed by atoms with Crippen LogP contribution in [-0.4, -0.2) is 37.0 Å². The second-order valence-electron chi connectivity index (χ2n) is 4.96. The van der Waals surface area contributed by atoms with Crippen LogP contribution in [0.4, 0.5) is 0 Å². The SMILES string of the molecule is [CH2-]N1CCc2ccc(CN(C)C)cc2CC1. The zero-order valence-corrected chi connectivity index (χ0v) is 10.4. The van der Waals surface area contributed by atoms with Gasteiger partial charge in [-0.2, -0.15) is 0 Å². The molecule has 0 fully saturated rings. The van der Waals surface area contributed by atoms with Gasteiger partial charge in [0, 0.05) is 6.54 Å². The largest absolute Gasteiger partial charge is 0.459 e. The highest BCUT2D eigenvalue weighted by Crippen LogP contribution is 2.18. The van der Waals surface area contributed by atoms with Gasteiger partial charge in [-0.15, -0.1) is 0 Å². The van der Waals surface area contributed by atoms with Gasteiger partial charge in [0.1, 0.15) is 0 Å². The van der Waals surface area contributed by atoms with Crippen LogP contribution >= 0.6 is 0 Å². The van der Waals surface area contributed by atoms with Gasteiger partial charge < -0.3 is 9.80 Å². The van der Waals surface area contributed by atoms with E-state index in [1.807, 2.05) is 0 Å². The number of rotatable bonds is 2. The highest BCUT2D eigenvalue weighted by molar-refractivity contribution is 5.33. The predicted molar refractivity (Wildman–Crippen MR) is 68.2 cm³/mol. The smallest absolute Gasteiger partial charge is 0.0227 e. The topological polar surface area (TPSA) is 6.48 Å². The first-order valence-corrected chi connectivity index (χ1v) is 5.96. The summed E-state index contributed by atoms with van der Waals surface area (Å²) in [6.45, 7) is 3.19. The van der Waals surface area contributed by atoms with Crippen molar-refractivity contribution in [2.45, 2.75) is 19.4 Å². The van der Waals surface area contributed by atoms with E-state index in [0.29, 0.717) is 0 Å². The molecule has 1 aliphatic rings. The van der Waals surface area contributed by atoms with E-state index in [2.05, 4.69) is 49.1 Å². The number of fused-ring (bicyclic) bond motifs is 1. The summed E-state index contributed by atoms with van der Waals surface area (Å²) in [7, 11) is 8.27. The molecule has 0 aromatic heterocycles. The van der Waals surface area contributed by atoms with Gasteiger partial charge >= 0.3 is 0 Å². The predicted octanol–water partition coefficient (Wildman–Crippen LogP) is 1.94. The molecule has 2 nitrogen and oxygen atoms in total. The van der Waals surface area contributed by atoms with Crippen molar-refractivity contribution in [3.05, 3.63) is 41.9 Å². The van der Waals surface area contributed by atoms with Crippen LogP contribution in [0, 0.1) is 7.05 Å². The minimum atomic E-state index is 1.03. The minimum absolute atomic E-state index is 1.03. The molecule has 0 saturated heterocycles. The molecule has 2 heteroatoms. The molecular weight excluding hydrogens is 196 g/mol. The van der Waals surface area contributed by atoms with Gasteiger partial charge in [-0.25, -0.2) is 0 Å². The van der Waals surface area contributed by atoms with E-state index in [-0.39, 0.29) is 0 Å². The average Bonchev–Trinajstić information content (AvgIpc) is 2.40. The van der Waals surface area contributed by atoms with Crippen LogP contribution in [0.1, 0.15) is 16.7 Å². The van der Waals surface area contributed by atoms with Gasteiger partial charge in [0.15, 0.2) is 0 Å². The van der Waals surface area contributed by atoms with E-state index < -0.39 is 0 Å². The monoisotopic (exact) mass is 217 g/mol. The Balaban J connectivity index is 2.18. The minimum Gasteiger partial charge on any atom is -0.459 e. The van der Waals surface area contributed by atoms with Crippen molar-refractivity contribution in [3.8, 4) is 0 Å². The molecule has 1 aliphatic heterocycles. The Bertz CT molecular complexity index is 358. The van der Waals surface area contributed by atoms with E-state index in [9.17, 15) is 0 Å². The quantitative estimate of drug-likeness (QED) is 0.699. The highest BCUT2D eigenvalue weighted by Gasteiger charge is 2.09. The lowest BCUT2D eigenvalue weighted by Crippen LogP contribution is -2.18. The molecule has 2 rings (SSSR count). The first-order valence-electron chi connectivity index (χ1n) is 5.96. The van der Waals surface area contributed by atoms with Gasteiger partial charge in [-0.05, 0) is 56.7 Å². The van der Waals surface area contributed by atoms with Crippen LogP contribution in [0.3, 0.4) is 0 Å². The number of nitrogens with zero attached hydrogens (tertiary/aromatic N) is 2. The van der Waals surface area contributed by atoms with Crippen molar-refractivity contribution in [2.24, 2.45) is 0 Å². The molecule has 1 heterocycles. The summed E-state index contributed by atoms with van der Waals surface area (Å²) in [5.41, 5.74) is 4.44. The Kier molecular flexibility index (Phi) is 3.62. The third kappa shape index (κ3) is 2.83. The summed E-state index contributed by atoms with van der Waals surface area (Å²) in [5.74, 6) is 0. The van der Waals surface area contributed by atoms with Crippen LogP contribution < -0.4 is 0 Å². The van der Waals surface area contributed by atoms with Crippen molar-refractivity contribution in [3.63, 3.8) is 0 Å². The van der Waals surface area contributed by atoms with Crippen LogP contribution in [-0.2, 0) is 19.4 Å². The molecule has 88 valence electrons. The van der Waals surface area contributed by atoms with Crippen LogP contribution in [0.5, 0.6) is 0 Å². The first kappa shape index (κ1) is 11.6. The van der Waals surface area contributed by atoms with E-state index in [0.717, 1.165) is 32.5 Å². The summed E-state index contributed by atoms with van der Waals surface area (Å²) in [6.07, 6.45) is 2.28. The molecule has 0 atom stereocenters. The number of benzene rings is 1. The number of hydrogen-bond donors (Lipinski definition) is 0. The molecule has 0 spiro atoms. The molecule has 0 unspecified atom stereocenters. The molecule has 1 aromatic rings. The lowest BCUT2D eigenvalue weighted by molar-refractivity contribution is 0.389. The molecule has 0 radical (unpaired) electrons. The van der Waals surface area contributed by atoms with Gasteiger partial charge in [-0.3, -0.25) is 7.05 Å². The van der Waals surface area contributed by atoms with Gasteiger partial charge in [0.25, 0.3) is 0 Å². The zero-order chi connectivity index (χ0) is 11.5. The second-order valence-corrected chi connectivity index (χ2v) is 4.96. The third-order valence-corrected chi connectivity index (χ3v) is 3.16. The molecule has 0 saturated carbocycles. The van der Waals surface area contributed by atoms with E-state index >= 15 is 0 Å². The fourth-order valence-corrected chi connectivity index (χ4v) is 2.29. The average molecular weight is 217 g/mol. The highest BCUT2D eigenvalue weighted by atomic mass is 15.1. The Morgan fingerprint density at radius 3 is 2.56 bits per heavy atom. The lowest BCUT2D eigenvalue weighted by Gasteiger charge is -2.21. The summed E-state index contributed by atoms with van der Waals surface area (Å²) in [6, 6.07) is 6.93. The molecule has 0 bridgehead atoms. The Morgan fingerprint density at radius 1 is 1.19 bits per heavy atom. The summed E-state index contributed by atoms with van der Waals surface area (Å²) in [5, 5.41) is 0. The Hall–Kier alpha value is -0.860.